The molecule has 0 aliphatic carbocycles. The summed E-state index contributed by atoms with van der Waals surface area (Å²) < 4.78 is 9.48. The smallest absolute Gasteiger partial charge is 0.340 e. The van der Waals surface area contributed by atoms with Crippen LogP contribution in [-0.2, 0) is 23.9 Å². The van der Waals surface area contributed by atoms with E-state index in [1.807, 2.05) is 0 Å². The molecule has 8 nitrogen and oxygen atoms in total. The molecule has 0 saturated carbocycles. The van der Waals surface area contributed by atoms with E-state index >= 15 is 0 Å². The molecule has 0 aromatic carbocycles. The second kappa shape index (κ2) is 10.4. The first-order chi connectivity index (χ1) is 11.5. The number of carbonyl (C=O) groups excluding carboxylic acids is 4. The highest BCUT2D eigenvalue weighted by atomic mass is 32.1. The highest BCUT2D eigenvalue weighted by Crippen LogP contribution is 2.07. The molecule has 0 radical (unpaired) electrons. The second-order valence-corrected chi connectivity index (χ2v) is 5.44. The number of thiophene rings is 1. The minimum Gasteiger partial charge on any atom is -0.464 e. The van der Waals surface area contributed by atoms with Crippen molar-refractivity contribution in [2.45, 2.75) is 26.3 Å². The quantitative estimate of drug-likeness (QED) is 0.492. The summed E-state index contributed by atoms with van der Waals surface area (Å²) in [7, 11) is 0. The van der Waals surface area contributed by atoms with Gasteiger partial charge in [-0.05, 0) is 25.3 Å². The predicted molar refractivity (Wildman–Crippen MR) is 86.5 cm³/mol. The maximum atomic E-state index is 11.9. The van der Waals surface area contributed by atoms with E-state index < -0.39 is 23.9 Å². The molecule has 1 aromatic rings. The van der Waals surface area contributed by atoms with Gasteiger partial charge >= 0.3 is 11.9 Å². The summed E-state index contributed by atoms with van der Waals surface area (Å²) in [4.78, 5) is 47.6. The summed E-state index contributed by atoms with van der Waals surface area (Å²) in [6.07, 6.45) is -0.0908. The van der Waals surface area contributed by atoms with E-state index in [4.69, 9.17) is 9.47 Å². The molecule has 2 N–H and O–H groups in total. The third-order valence-electron chi connectivity index (χ3n) is 2.73. The van der Waals surface area contributed by atoms with E-state index in [1.165, 1.54) is 11.3 Å². The van der Waals surface area contributed by atoms with Gasteiger partial charge in [-0.15, -0.1) is 11.3 Å². The Bertz CT molecular complexity index is 555. The fourth-order valence-corrected chi connectivity index (χ4v) is 2.32. The lowest BCUT2D eigenvalue weighted by Crippen LogP contribution is -2.48. The van der Waals surface area contributed by atoms with Gasteiger partial charge in [0.05, 0.1) is 18.1 Å². The average molecular weight is 356 g/mol. The molecule has 1 aromatic heterocycles. The van der Waals surface area contributed by atoms with E-state index in [1.54, 1.807) is 31.4 Å². The van der Waals surface area contributed by atoms with Gasteiger partial charge in [-0.1, -0.05) is 6.07 Å². The summed E-state index contributed by atoms with van der Waals surface area (Å²) in [6, 6.07) is 1.90. The van der Waals surface area contributed by atoms with Crippen molar-refractivity contribution in [2.75, 3.05) is 19.8 Å². The van der Waals surface area contributed by atoms with Gasteiger partial charge in [0.25, 0.3) is 5.91 Å². The Kier molecular flexibility index (Phi) is 8.48. The maximum Gasteiger partial charge on any atom is 0.340 e. The molecule has 0 unspecified atom stereocenters. The SMILES string of the molecule is CCOC(=O)C(NC(=O)CCNC(=O)c1cccs1)C(=O)OCC. The van der Waals surface area contributed by atoms with Crippen molar-refractivity contribution in [3.8, 4) is 0 Å². The van der Waals surface area contributed by atoms with E-state index in [-0.39, 0.29) is 32.1 Å². The van der Waals surface area contributed by atoms with Crippen molar-refractivity contribution in [3.63, 3.8) is 0 Å². The summed E-state index contributed by atoms with van der Waals surface area (Å²) in [5.74, 6) is -2.63. The predicted octanol–water partition coefficient (Wildman–Crippen LogP) is 0.479. The van der Waals surface area contributed by atoms with E-state index in [0.717, 1.165) is 0 Å². The molecule has 0 saturated heterocycles. The van der Waals surface area contributed by atoms with Crippen molar-refractivity contribution in [3.05, 3.63) is 22.4 Å². The largest absolute Gasteiger partial charge is 0.464 e. The first-order valence-electron chi connectivity index (χ1n) is 7.43. The maximum absolute atomic E-state index is 11.9. The molecule has 9 heteroatoms. The van der Waals surface area contributed by atoms with Crippen LogP contribution in [0.3, 0.4) is 0 Å². The van der Waals surface area contributed by atoms with E-state index in [0.29, 0.717) is 4.88 Å². The fourth-order valence-electron chi connectivity index (χ4n) is 1.68. The molecule has 0 atom stereocenters. The molecule has 0 aliphatic heterocycles. The summed E-state index contributed by atoms with van der Waals surface area (Å²) in [5.41, 5.74) is 0. The molecular weight excluding hydrogens is 336 g/mol. The summed E-state index contributed by atoms with van der Waals surface area (Å²) in [5, 5.41) is 6.60. The van der Waals surface area contributed by atoms with Gasteiger partial charge in [0.15, 0.2) is 0 Å². The average Bonchev–Trinajstić information content (AvgIpc) is 3.07. The van der Waals surface area contributed by atoms with Gasteiger partial charge < -0.3 is 20.1 Å². The molecular formula is C15H20N2O6S. The number of carbonyl (C=O) groups is 4. The Hall–Kier alpha value is -2.42. The second-order valence-electron chi connectivity index (χ2n) is 4.49. The number of amides is 2. The fraction of sp³-hybridized carbons (Fsp3) is 0.467. The molecule has 1 heterocycles. The zero-order chi connectivity index (χ0) is 17.9. The third-order valence-corrected chi connectivity index (χ3v) is 3.60. The van der Waals surface area contributed by atoms with Crippen molar-refractivity contribution in [1.82, 2.24) is 10.6 Å². The minimum atomic E-state index is -1.51. The van der Waals surface area contributed by atoms with Gasteiger partial charge in [-0.25, -0.2) is 9.59 Å². The Morgan fingerprint density at radius 2 is 1.75 bits per heavy atom. The Labute approximate surface area is 143 Å². The molecule has 0 spiro atoms. The highest BCUT2D eigenvalue weighted by molar-refractivity contribution is 7.12. The van der Waals surface area contributed by atoms with Crippen LogP contribution in [0.4, 0.5) is 0 Å². The lowest BCUT2D eigenvalue weighted by molar-refractivity contribution is -0.159. The van der Waals surface area contributed by atoms with Crippen LogP contribution in [0.1, 0.15) is 29.9 Å². The van der Waals surface area contributed by atoms with Gasteiger partial charge in [0.2, 0.25) is 11.9 Å². The highest BCUT2D eigenvalue weighted by Gasteiger charge is 2.31. The number of esters is 2. The lowest BCUT2D eigenvalue weighted by atomic mass is 10.2. The minimum absolute atomic E-state index is 0.0704. The van der Waals surface area contributed by atoms with Gasteiger partial charge in [-0.2, -0.15) is 0 Å². The normalized spacial score (nSPS) is 10.1. The Balaban J connectivity index is 2.47. The standard InChI is InChI=1S/C15H20N2O6S/c1-3-22-14(20)12(15(21)23-4-2)17-11(18)7-8-16-13(19)10-6-5-9-24-10/h5-6,9,12H,3-4,7-8H2,1-2H3,(H,16,19)(H,17,18). The van der Waals surface area contributed by atoms with E-state index in [2.05, 4.69) is 10.6 Å². The van der Waals surface area contributed by atoms with Gasteiger partial charge in [0, 0.05) is 13.0 Å². The van der Waals surface area contributed by atoms with Crippen LogP contribution in [0.5, 0.6) is 0 Å². The number of nitrogens with one attached hydrogen (secondary N) is 2. The topological polar surface area (TPSA) is 111 Å². The van der Waals surface area contributed by atoms with Gasteiger partial charge in [-0.3, -0.25) is 9.59 Å². The van der Waals surface area contributed by atoms with Gasteiger partial charge in [0.1, 0.15) is 0 Å². The van der Waals surface area contributed by atoms with Crippen LogP contribution in [0.25, 0.3) is 0 Å². The molecule has 2 amide bonds. The monoisotopic (exact) mass is 356 g/mol. The van der Waals surface area contributed by atoms with Crippen molar-refractivity contribution < 1.29 is 28.7 Å². The first kappa shape index (κ1) is 19.6. The van der Waals surface area contributed by atoms with Crippen molar-refractivity contribution in [1.29, 1.82) is 0 Å². The summed E-state index contributed by atoms with van der Waals surface area (Å²) >= 11 is 1.28. The molecule has 132 valence electrons. The number of ether oxygens (including phenoxy) is 2. The zero-order valence-corrected chi connectivity index (χ0v) is 14.3. The number of rotatable bonds is 9. The van der Waals surface area contributed by atoms with E-state index in [9.17, 15) is 19.2 Å². The summed E-state index contributed by atoms with van der Waals surface area (Å²) in [6.45, 7) is 3.38. The van der Waals surface area contributed by atoms with Crippen LogP contribution in [-0.4, -0.2) is 49.6 Å². The van der Waals surface area contributed by atoms with Crippen LogP contribution in [0.2, 0.25) is 0 Å². The Morgan fingerprint density at radius 1 is 1.12 bits per heavy atom. The zero-order valence-electron chi connectivity index (χ0n) is 13.5. The van der Waals surface area contributed by atoms with Crippen molar-refractivity contribution in [2.24, 2.45) is 0 Å². The molecule has 0 fully saturated rings. The van der Waals surface area contributed by atoms with Crippen LogP contribution >= 0.6 is 11.3 Å². The van der Waals surface area contributed by atoms with Crippen LogP contribution in [0.15, 0.2) is 17.5 Å². The molecule has 24 heavy (non-hydrogen) atoms. The molecule has 0 bridgehead atoms. The van der Waals surface area contributed by atoms with Crippen LogP contribution < -0.4 is 10.6 Å². The first-order valence-corrected chi connectivity index (χ1v) is 8.31. The molecule has 1 rings (SSSR count). The number of hydrogen-bond acceptors (Lipinski definition) is 7. The molecule has 0 aliphatic rings. The third kappa shape index (κ3) is 6.37. The van der Waals surface area contributed by atoms with Crippen molar-refractivity contribution >= 4 is 35.1 Å². The Morgan fingerprint density at radius 3 is 2.25 bits per heavy atom. The number of hydrogen-bond donors (Lipinski definition) is 2. The van der Waals surface area contributed by atoms with Crippen LogP contribution in [0, 0.1) is 0 Å². The lowest BCUT2D eigenvalue weighted by Gasteiger charge is -2.15.